The maximum Gasteiger partial charge on any atom is 0.472 e. The fraction of sp³-hybridized carbons (Fsp3) is 0.659. The first-order valence-electron chi connectivity index (χ1n) is 20.6. The maximum atomic E-state index is 14.0. The number of unbranched alkanes of at least 4 members (excludes halogenated alkanes) is 15. The van der Waals surface area contributed by atoms with Crippen LogP contribution in [0.15, 0.2) is 36.7 Å². The van der Waals surface area contributed by atoms with Crippen molar-refractivity contribution in [2.45, 2.75) is 146 Å². The van der Waals surface area contributed by atoms with E-state index in [0.717, 1.165) is 25.6 Å². The molecular formula is C41H60FN6O9P. The van der Waals surface area contributed by atoms with Crippen molar-refractivity contribution in [1.29, 1.82) is 10.5 Å². The minimum atomic E-state index is -4.84. The number of hydrogen-bond donors (Lipinski definition) is 4. The van der Waals surface area contributed by atoms with E-state index in [4.69, 9.17) is 29.0 Å². The van der Waals surface area contributed by atoms with E-state index in [9.17, 15) is 34.6 Å². The van der Waals surface area contributed by atoms with Crippen LogP contribution in [0.5, 0.6) is 0 Å². The molecule has 0 aliphatic carbocycles. The third-order valence-electron chi connectivity index (χ3n) is 10.4. The Labute approximate surface area is 340 Å². The SMILES string of the molecule is CCCCCCCCCCCCCCCCCCOC[C@H](COP(=O)(O)OC[C@H]1O[C@@](C#N)(c2ccc3c(N)ncnn23)[C@H](O)[C@@H]1O)OCc1cc(F)ccc1C#N. The van der Waals surface area contributed by atoms with E-state index in [0.29, 0.717) is 12.1 Å². The molecule has 17 heteroatoms. The summed E-state index contributed by atoms with van der Waals surface area (Å²) in [4.78, 5) is 14.5. The van der Waals surface area contributed by atoms with Crippen LogP contribution < -0.4 is 5.73 Å². The molecule has 320 valence electrons. The zero-order valence-electron chi connectivity index (χ0n) is 33.6. The lowest BCUT2D eigenvalue weighted by Crippen LogP contribution is -2.41. The normalized spacial score (nSPS) is 20.8. The number of phosphoric acid groups is 1. The van der Waals surface area contributed by atoms with Gasteiger partial charge in [-0.25, -0.2) is 18.5 Å². The van der Waals surface area contributed by atoms with Crippen molar-refractivity contribution in [2.24, 2.45) is 0 Å². The first-order valence-corrected chi connectivity index (χ1v) is 22.1. The number of aromatic nitrogens is 3. The Morgan fingerprint density at radius 3 is 2.21 bits per heavy atom. The van der Waals surface area contributed by atoms with E-state index in [-0.39, 0.29) is 35.9 Å². The molecule has 0 saturated carbocycles. The molecule has 1 aliphatic heterocycles. The van der Waals surface area contributed by atoms with Gasteiger partial charge in [-0.15, -0.1) is 0 Å². The van der Waals surface area contributed by atoms with Crippen LogP contribution in [0, 0.1) is 28.5 Å². The van der Waals surface area contributed by atoms with Gasteiger partial charge in [0.2, 0.25) is 5.60 Å². The second-order valence-electron chi connectivity index (χ2n) is 14.9. The number of aliphatic hydroxyl groups is 2. The first-order chi connectivity index (χ1) is 28.0. The van der Waals surface area contributed by atoms with E-state index in [2.05, 4.69) is 17.0 Å². The van der Waals surface area contributed by atoms with Gasteiger partial charge in [0.25, 0.3) is 0 Å². The monoisotopic (exact) mass is 830 g/mol. The molecule has 1 aliphatic rings. The van der Waals surface area contributed by atoms with E-state index < -0.39 is 56.9 Å². The zero-order chi connectivity index (χ0) is 41.8. The fourth-order valence-electron chi connectivity index (χ4n) is 7.04. The summed E-state index contributed by atoms with van der Waals surface area (Å²) in [6.07, 6.45) is 15.3. The van der Waals surface area contributed by atoms with Gasteiger partial charge in [-0.3, -0.25) is 9.05 Å². The molecule has 2 aromatic heterocycles. The average Bonchev–Trinajstić information content (AvgIpc) is 3.76. The topological polar surface area (TPSA) is 228 Å². The van der Waals surface area contributed by atoms with Crippen molar-refractivity contribution >= 4 is 19.2 Å². The Balaban J connectivity index is 1.20. The summed E-state index contributed by atoms with van der Waals surface area (Å²) in [5.74, 6) is -0.446. The largest absolute Gasteiger partial charge is 0.472 e. The van der Waals surface area contributed by atoms with E-state index in [1.165, 1.54) is 118 Å². The van der Waals surface area contributed by atoms with Crippen molar-refractivity contribution in [3.05, 3.63) is 59.3 Å². The third-order valence-corrected chi connectivity index (χ3v) is 11.4. The summed E-state index contributed by atoms with van der Waals surface area (Å²) >= 11 is 0. The van der Waals surface area contributed by atoms with Gasteiger partial charge in [0.1, 0.15) is 48.1 Å². The van der Waals surface area contributed by atoms with Crippen LogP contribution in [-0.4, -0.2) is 80.5 Å². The van der Waals surface area contributed by atoms with Gasteiger partial charge in [-0.1, -0.05) is 103 Å². The molecule has 0 radical (unpaired) electrons. The second kappa shape index (κ2) is 24.5. The highest BCUT2D eigenvalue weighted by atomic mass is 31.2. The molecule has 3 aromatic rings. The number of nitrogen functional groups attached to an aromatic ring is 1. The number of nitrogens with zero attached hydrogens (tertiary/aromatic N) is 5. The van der Waals surface area contributed by atoms with Gasteiger partial charge in [-0.2, -0.15) is 15.6 Å². The van der Waals surface area contributed by atoms with Gasteiger partial charge in [0, 0.05) is 6.61 Å². The molecule has 1 aromatic carbocycles. The molecule has 5 N–H and O–H groups in total. The number of nitriles is 2. The minimum Gasteiger partial charge on any atom is -0.387 e. The molecule has 3 heterocycles. The molecule has 0 spiro atoms. The molecular weight excluding hydrogens is 770 g/mol. The number of phosphoric ester groups is 1. The van der Waals surface area contributed by atoms with Gasteiger partial charge in [-0.05, 0) is 42.3 Å². The highest BCUT2D eigenvalue weighted by molar-refractivity contribution is 7.47. The Morgan fingerprint density at radius 1 is 0.948 bits per heavy atom. The second-order valence-corrected chi connectivity index (χ2v) is 16.3. The van der Waals surface area contributed by atoms with Gasteiger partial charge < -0.3 is 35.1 Å². The van der Waals surface area contributed by atoms with Crippen LogP contribution in [0.25, 0.3) is 5.52 Å². The predicted molar refractivity (Wildman–Crippen MR) is 213 cm³/mol. The number of hydrogen-bond acceptors (Lipinski definition) is 13. The lowest BCUT2D eigenvalue weighted by atomic mass is 9.92. The number of halogens is 1. The lowest BCUT2D eigenvalue weighted by molar-refractivity contribution is -0.0690. The van der Waals surface area contributed by atoms with Crippen LogP contribution >= 0.6 is 7.82 Å². The van der Waals surface area contributed by atoms with Crippen molar-refractivity contribution in [3.8, 4) is 12.1 Å². The van der Waals surface area contributed by atoms with Crippen LogP contribution in [0.4, 0.5) is 10.2 Å². The number of nitrogens with two attached hydrogens (primary N) is 1. The molecule has 1 saturated heterocycles. The van der Waals surface area contributed by atoms with Crippen LogP contribution in [0.3, 0.4) is 0 Å². The van der Waals surface area contributed by atoms with Crippen molar-refractivity contribution < 1.29 is 47.3 Å². The predicted octanol–water partition coefficient (Wildman–Crippen LogP) is 7.16. The number of benzene rings is 1. The zero-order valence-corrected chi connectivity index (χ0v) is 34.4. The summed E-state index contributed by atoms with van der Waals surface area (Å²) in [5.41, 5.74) is 4.64. The van der Waals surface area contributed by atoms with E-state index >= 15 is 0 Å². The Hall–Kier alpha value is -3.54. The molecule has 6 atom stereocenters. The summed E-state index contributed by atoms with van der Waals surface area (Å²) in [6.45, 7) is 1.21. The summed E-state index contributed by atoms with van der Waals surface area (Å²) in [7, 11) is -4.84. The van der Waals surface area contributed by atoms with Crippen LogP contribution in [0.2, 0.25) is 0 Å². The Morgan fingerprint density at radius 2 is 1.59 bits per heavy atom. The Bertz CT molecular complexity index is 1820. The number of rotatable bonds is 29. The highest BCUT2D eigenvalue weighted by Gasteiger charge is 2.58. The number of aliphatic hydroxyl groups excluding tert-OH is 2. The van der Waals surface area contributed by atoms with Gasteiger partial charge >= 0.3 is 7.82 Å². The van der Waals surface area contributed by atoms with Gasteiger partial charge in [0.05, 0.1) is 43.8 Å². The summed E-state index contributed by atoms with van der Waals surface area (Å²) < 4.78 is 56.1. The van der Waals surface area contributed by atoms with Crippen molar-refractivity contribution in [2.75, 3.05) is 32.2 Å². The van der Waals surface area contributed by atoms with E-state index in [1.54, 1.807) is 0 Å². The number of ether oxygens (including phenoxy) is 3. The maximum absolute atomic E-state index is 14.0. The number of fused-ring (bicyclic) bond motifs is 1. The highest BCUT2D eigenvalue weighted by Crippen LogP contribution is 2.46. The number of anilines is 1. The van der Waals surface area contributed by atoms with Crippen LogP contribution in [-0.2, 0) is 40.0 Å². The molecule has 0 bridgehead atoms. The summed E-state index contributed by atoms with van der Waals surface area (Å²) in [6, 6.07) is 10.5. The molecule has 4 rings (SSSR count). The summed E-state index contributed by atoms with van der Waals surface area (Å²) in [5, 5.41) is 45.4. The third kappa shape index (κ3) is 14.0. The molecule has 1 fully saturated rings. The first kappa shape index (κ1) is 47.1. The quantitative estimate of drug-likeness (QED) is 0.0402. The Kier molecular flexibility index (Phi) is 19.9. The standard InChI is InChI=1S/C41H60FN6O9P/c1-2-3-4-5-6-7-8-9-10-11-12-13-14-15-16-17-22-53-26-34(54-25-32-23-33(42)19-18-31(32)24-43)27-55-58(51,52)56-28-36-38(49)39(50)41(29-44,57-36)37-21-20-35-40(45)46-30-47-48(35)37/h18-21,23,30,34,36,38-39,49-50H,2-17,22,25-28H2,1H3,(H,51,52)(H2,45,46,47)/t34-,36-,38-,39-,41+/m1/s1. The molecule has 15 nitrogen and oxygen atoms in total. The molecule has 58 heavy (non-hydrogen) atoms. The van der Waals surface area contributed by atoms with Crippen molar-refractivity contribution in [1.82, 2.24) is 14.6 Å². The van der Waals surface area contributed by atoms with Crippen molar-refractivity contribution in [3.63, 3.8) is 0 Å². The average molecular weight is 831 g/mol. The van der Waals surface area contributed by atoms with Crippen LogP contribution in [0.1, 0.15) is 126 Å². The fourth-order valence-corrected chi connectivity index (χ4v) is 7.81. The molecule has 0 amide bonds. The minimum absolute atomic E-state index is 0.0311. The van der Waals surface area contributed by atoms with Gasteiger partial charge in [0.15, 0.2) is 5.82 Å². The smallest absolute Gasteiger partial charge is 0.387 e. The van der Waals surface area contributed by atoms with E-state index in [1.807, 2.05) is 12.1 Å². The molecule has 1 unspecified atom stereocenters. The lowest BCUT2D eigenvalue weighted by Gasteiger charge is -2.24.